The fraction of sp³-hybridized carbons (Fsp3) is 0. The molecular weight excluding hydrogens is 400 g/mol. The second-order valence-electron chi connectivity index (χ2n) is 6.59. The highest BCUT2D eigenvalue weighted by Gasteiger charge is 2.12. The number of pyridine rings is 1. The molecule has 0 aliphatic heterocycles. The Hall–Kier alpha value is -3.28. The highest BCUT2D eigenvalue weighted by atomic mass is 35.5. The molecule has 3 aromatic heterocycles. The van der Waals surface area contributed by atoms with Crippen molar-refractivity contribution in [3.8, 4) is 32.8 Å². The van der Waals surface area contributed by atoms with Crippen LogP contribution in [-0.4, -0.2) is 15.0 Å². The van der Waals surface area contributed by atoms with E-state index in [9.17, 15) is 0 Å². The number of nitrogens with zero attached hydrogens (tertiary/aromatic N) is 3. The average Bonchev–Trinajstić information content (AvgIpc) is 3.28. The van der Waals surface area contributed by atoms with Crippen molar-refractivity contribution in [1.82, 2.24) is 15.0 Å². The summed E-state index contributed by atoms with van der Waals surface area (Å²) in [5.74, 6) is 0.201. The summed E-state index contributed by atoms with van der Waals surface area (Å²) in [7, 11) is 0. The normalized spacial score (nSPS) is 11.1. The van der Waals surface area contributed by atoms with Gasteiger partial charge in [-0.2, -0.15) is 4.98 Å². The highest BCUT2D eigenvalue weighted by molar-refractivity contribution is 7.13. The molecule has 4 nitrogen and oxygen atoms in total. The minimum atomic E-state index is 0.201. The van der Waals surface area contributed by atoms with Gasteiger partial charge in [0.25, 0.3) is 0 Å². The summed E-state index contributed by atoms with van der Waals surface area (Å²) in [4.78, 5) is 14.5. The minimum Gasteiger partial charge on any atom is -0.368 e. The number of fused-ring (bicyclic) bond motifs is 1. The molecule has 0 amide bonds. The van der Waals surface area contributed by atoms with E-state index in [4.69, 9.17) is 22.3 Å². The Morgan fingerprint density at radius 3 is 2.41 bits per heavy atom. The van der Waals surface area contributed by atoms with E-state index in [2.05, 4.69) is 51.7 Å². The van der Waals surface area contributed by atoms with Gasteiger partial charge in [-0.25, -0.2) is 9.97 Å². The fourth-order valence-corrected chi connectivity index (χ4v) is 4.24. The van der Waals surface area contributed by atoms with Gasteiger partial charge in [-0.3, -0.25) is 0 Å². The first-order chi connectivity index (χ1) is 14.2. The predicted molar refractivity (Wildman–Crippen MR) is 121 cm³/mol. The first-order valence-electron chi connectivity index (χ1n) is 9.01. The van der Waals surface area contributed by atoms with Crippen LogP contribution in [0.15, 0.2) is 78.3 Å². The third-order valence-corrected chi connectivity index (χ3v) is 5.86. The zero-order chi connectivity index (χ0) is 19.8. The smallest absolute Gasteiger partial charge is 0.222 e. The average molecular weight is 415 g/mol. The van der Waals surface area contributed by atoms with Gasteiger partial charge in [-0.15, -0.1) is 11.3 Å². The summed E-state index contributed by atoms with van der Waals surface area (Å²) in [6, 6.07) is 22.3. The SMILES string of the molecule is Nc1ncc2c(-c3cccc(Cl)c3)cc(-c3ccc(-c4cccs4)cc3)nc2n1. The molecule has 3 heterocycles. The molecule has 2 aromatic carbocycles. The number of hydrogen-bond donors (Lipinski definition) is 1. The second-order valence-corrected chi connectivity index (χ2v) is 7.97. The van der Waals surface area contributed by atoms with E-state index in [-0.39, 0.29) is 5.95 Å². The highest BCUT2D eigenvalue weighted by Crippen LogP contribution is 2.33. The van der Waals surface area contributed by atoms with Crippen molar-refractivity contribution >= 4 is 39.9 Å². The van der Waals surface area contributed by atoms with Crippen molar-refractivity contribution in [1.29, 1.82) is 0 Å². The third-order valence-electron chi connectivity index (χ3n) is 4.71. The molecule has 0 radical (unpaired) electrons. The van der Waals surface area contributed by atoms with Gasteiger partial charge in [0.05, 0.1) is 5.69 Å². The number of anilines is 1. The molecule has 0 fully saturated rings. The number of aromatic nitrogens is 3. The quantitative estimate of drug-likeness (QED) is 0.375. The number of halogens is 1. The minimum absolute atomic E-state index is 0.201. The van der Waals surface area contributed by atoms with Crippen molar-refractivity contribution in [2.45, 2.75) is 0 Å². The summed E-state index contributed by atoms with van der Waals surface area (Å²) in [5, 5.41) is 3.58. The molecule has 0 aliphatic rings. The Bertz CT molecular complexity index is 1320. The van der Waals surface area contributed by atoms with Crippen LogP contribution in [0.1, 0.15) is 0 Å². The molecule has 6 heteroatoms. The van der Waals surface area contributed by atoms with Crippen molar-refractivity contribution < 1.29 is 0 Å². The fourth-order valence-electron chi connectivity index (χ4n) is 3.31. The standard InChI is InChI=1S/C23H15ClN4S/c24-17-4-1-3-16(11-17)18-12-20(27-22-19(18)13-26-23(25)28-22)14-6-8-15(9-7-14)21-5-2-10-29-21/h1-13H,(H2,25,26,27,28). The maximum atomic E-state index is 6.23. The van der Waals surface area contributed by atoms with Crippen LogP contribution in [0.3, 0.4) is 0 Å². The summed E-state index contributed by atoms with van der Waals surface area (Å²) >= 11 is 7.95. The molecule has 0 unspecified atom stereocenters. The van der Waals surface area contributed by atoms with Gasteiger partial charge in [-0.1, -0.05) is 54.1 Å². The van der Waals surface area contributed by atoms with Crippen LogP contribution in [0.25, 0.3) is 43.9 Å². The summed E-state index contributed by atoms with van der Waals surface area (Å²) < 4.78 is 0. The Kier molecular flexibility index (Phi) is 4.46. The molecule has 5 aromatic rings. The summed E-state index contributed by atoms with van der Waals surface area (Å²) in [6.07, 6.45) is 1.71. The zero-order valence-electron chi connectivity index (χ0n) is 15.2. The van der Waals surface area contributed by atoms with E-state index < -0.39 is 0 Å². The van der Waals surface area contributed by atoms with Crippen LogP contribution in [-0.2, 0) is 0 Å². The molecular formula is C23H15ClN4S. The monoisotopic (exact) mass is 414 g/mol. The number of nitrogen functional groups attached to an aromatic ring is 1. The maximum absolute atomic E-state index is 6.23. The van der Waals surface area contributed by atoms with Crippen LogP contribution < -0.4 is 5.73 Å². The lowest BCUT2D eigenvalue weighted by atomic mass is 10.00. The van der Waals surface area contributed by atoms with Gasteiger partial charge in [-0.05, 0) is 46.3 Å². The molecule has 0 aliphatic carbocycles. The number of thiophene rings is 1. The van der Waals surface area contributed by atoms with Crippen LogP contribution in [0.5, 0.6) is 0 Å². The molecule has 0 bridgehead atoms. The van der Waals surface area contributed by atoms with E-state index in [0.29, 0.717) is 10.7 Å². The van der Waals surface area contributed by atoms with Gasteiger partial charge in [0, 0.05) is 27.0 Å². The van der Waals surface area contributed by atoms with Crippen LogP contribution in [0.4, 0.5) is 5.95 Å². The topological polar surface area (TPSA) is 64.7 Å². The van der Waals surface area contributed by atoms with E-state index in [1.807, 2.05) is 30.3 Å². The van der Waals surface area contributed by atoms with Gasteiger partial charge in [0.2, 0.25) is 5.95 Å². The zero-order valence-corrected chi connectivity index (χ0v) is 16.8. The third kappa shape index (κ3) is 3.46. The maximum Gasteiger partial charge on any atom is 0.222 e. The molecule has 5 rings (SSSR count). The Morgan fingerprint density at radius 1 is 0.828 bits per heavy atom. The van der Waals surface area contributed by atoms with Gasteiger partial charge >= 0.3 is 0 Å². The molecule has 2 N–H and O–H groups in total. The predicted octanol–water partition coefficient (Wildman–Crippen LogP) is 6.32. The Morgan fingerprint density at radius 2 is 1.66 bits per heavy atom. The number of hydrogen-bond acceptors (Lipinski definition) is 5. The van der Waals surface area contributed by atoms with E-state index in [0.717, 1.165) is 27.8 Å². The van der Waals surface area contributed by atoms with Crippen molar-refractivity contribution in [2.75, 3.05) is 5.73 Å². The van der Waals surface area contributed by atoms with Gasteiger partial charge in [0.15, 0.2) is 5.65 Å². The lowest BCUT2D eigenvalue weighted by molar-refractivity contribution is 1.20. The van der Waals surface area contributed by atoms with Crippen molar-refractivity contribution in [3.63, 3.8) is 0 Å². The Balaban J connectivity index is 1.68. The van der Waals surface area contributed by atoms with Crippen LogP contribution in [0, 0.1) is 0 Å². The largest absolute Gasteiger partial charge is 0.368 e. The Labute approximate surface area is 176 Å². The van der Waals surface area contributed by atoms with E-state index >= 15 is 0 Å². The van der Waals surface area contributed by atoms with E-state index in [1.165, 1.54) is 10.4 Å². The molecule has 0 atom stereocenters. The van der Waals surface area contributed by atoms with Crippen LogP contribution in [0.2, 0.25) is 5.02 Å². The lowest BCUT2D eigenvalue weighted by Crippen LogP contribution is -1.98. The summed E-state index contributed by atoms with van der Waals surface area (Å²) in [5.41, 5.74) is 11.3. The molecule has 0 spiro atoms. The van der Waals surface area contributed by atoms with Crippen molar-refractivity contribution in [2.24, 2.45) is 0 Å². The van der Waals surface area contributed by atoms with Gasteiger partial charge in [0.1, 0.15) is 0 Å². The van der Waals surface area contributed by atoms with Crippen LogP contribution >= 0.6 is 22.9 Å². The first kappa shape index (κ1) is 17.8. The van der Waals surface area contributed by atoms with Crippen molar-refractivity contribution in [3.05, 3.63) is 83.3 Å². The molecule has 0 saturated carbocycles. The second kappa shape index (κ2) is 7.28. The van der Waals surface area contributed by atoms with E-state index in [1.54, 1.807) is 17.5 Å². The molecule has 29 heavy (non-hydrogen) atoms. The number of rotatable bonds is 3. The number of benzene rings is 2. The molecule has 140 valence electrons. The summed E-state index contributed by atoms with van der Waals surface area (Å²) in [6.45, 7) is 0. The number of nitrogens with two attached hydrogens (primary N) is 1. The first-order valence-corrected chi connectivity index (χ1v) is 10.3. The molecule has 0 saturated heterocycles. The van der Waals surface area contributed by atoms with Gasteiger partial charge < -0.3 is 5.73 Å². The lowest BCUT2D eigenvalue weighted by Gasteiger charge is -2.10.